The largest absolute Gasteiger partial charge is 0.497 e. The minimum atomic E-state index is -1.65. The Morgan fingerprint density at radius 3 is 2.44 bits per heavy atom. The molecule has 0 amide bonds. The Kier molecular flexibility index (Phi) is 9.04. The number of aliphatic carboxylic acids is 1. The van der Waals surface area contributed by atoms with E-state index in [0.717, 1.165) is 18.3 Å². The molecule has 0 radical (unpaired) electrons. The average molecular weight is 551 g/mol. The molecule has 3 aromatic rings. The summed E-state index contributed by atoms with van der Waals surface area (Å²) in [6, 6.07) is 6.83. The predicted octanol–water partition coefficient (Wildman–Crippen LogP) is 6.78. The van der Waals surface area contributed by atoms with Crippen LogP contribution in [0, 0.1) is 28.7 Å². The molecule has 4 rings (SSSR count). The van der Waals surface area contributed by atoms with Crippen molar-refractivity contribution < 1.29 is 36.6 Å². The Balaban J connectivity index is 1.38. The number of methoxy groups -OCH3 is 1. The summed E-state index contributed by atoms with van der Waals surface area (Å²) in [4.78, 5) is 17.9. The molecule has 1 aliphatic heterocycles. The predicted molar refractivity (Wildman–Crippen MR) is 136 cm³/mol. The molecule has 0 spiro atoms. The number of aromatic nitrogens is 1. The first-order valence-corrected chi connectivity index (χ1v) is 12.9. The fraction of sp³-hybridized carbons (Fsp3) is 0.448. The lowest BCUT2D eigenvalue weighted by Gasteiger charge is -2.41. The van der Waals surface area contributed by atoms with E-state index < -0.39 is 40.8 Å². The molecule has 2 heterocycles. The maximum atomic E-state index is 15.6. The van der Waals surface area contributed by atoms with Gasteiger partial charge in [-0.15, -0.1) is 0 Å². The van der Waals surface area contributed by atoms with Crippen LogP contribution in [0.25, 0.3) is 10.9 Å². The van der Waals surface area contributed by atoms with Gasteiger partial charge in [-0.25, -0.2) is 22.0 Å². The topological polar surface area (TPSA) is 62.7 Å². The quantitative estimate of drug-likeness (QED) is 0.211. The van der Waals surface area contributed by atoms with Crippen molar-refractivity contribution in [1.29, 1.82) is 0 Å². The highest BCUT2D eigenvalue weighted by Crippen LogP contribution is 2.43. The minimum Gasteiger partial charge on any atom is -0.497 e. The summed E-state index contributed by atoms with van der Waals surface area (Å²) < 4.78 is 75.6. The number of likely N-dealkylation sites (tertiary alicyclic amines) is 1. The van der Waals surface area contributed by atoms with Gasteiger partial charge in [-0.1, -0.05) is 0 Å². The van der Waals surface area contributed by atoms with Crippen LogP contribution in [0.5, 0.6) is 5.75 Å². The molecule has 1 aromatic heterocycles. The van der Waals surface area contributed by atoms with Gasteiger partial charge in [0.25, 0.3) is 0 Å². The zero-order valence-corrected chi connectivity index (χ0v) is 21.7. The van der Waals surface area contributed by atoms with Crippen LogP contribution in [0.4, 0.5) is 22.0 Å². The summed E-state index contributed by atoms with van der Waals surface area (Å²) in [5, 5.41) is 9.90. The zero-order chi connectivity index (χ0) is 28.2. The normalized spacial score (nSPS) is 16.4. The molecule has 5 nitrogen and oxygen atoms in total. The number of alkyl halides is 1. The van der Waals surface area contributed by atoms with Crippen molar-refractivity contribution in [3.63, 3.8) is 0 Å². The molecule has 1 N–H and O–H groups in total. The second-order valence-electron chi connectivity index (χ2n) is 10.3. The number of carbonyl (C=O) groups is 1. The van der Waals surface area contributed by atoms with E-state index in [2.05, 4.69) is 9.88 Å². The molecule has 0 saturated carbocycles. The summed E-state index contributed by atoms with van der Waals surface area (Å²) in [6.45, 7) is 1.78. The molecule has 1 fully saturated rings. The monoisotopic (exact) mass is 550 g/mol. The van der Waals surface area contributed by atoms with E-state index in [0.29, 0.717) is 67.5 Å². The number of hydrogen-bond acceptors (Lipinski definition) is 4. The van der Waals surface area contributed by atoms with Gasteiger partial charge in [-0.05, 0) is 99.5 Å². The highest BCUT2D eigenvalue weighted by molar-refractivity contribution is 5.84. The number of carboxylic acids is 1. The van der Waals surface area contributed by atoms with E-state index in [9.17, 15) is 27.5 Å². The molecule has 1 aliphatic rings. The summed E-state index contributed by atoms with van der Waals surface area (Å²) in [7, 11) is 1.46. The lowest BCUT2D eigenvalue weighted by molar-refractivity contribution is -0.141. The molecule has 39 heavy (non-hydrogen) atoms. The van der Waals surface area contributed by atoms with Gasteiger partial charge >= 0.3 is 5.97 Å². The molecule has 0 bridgehead atoms. The van der Waals surface area contributed by atoms with Gasteiger partial charge in [0, 0.05) is 10.9 Å². The molecule has 0 aliphatic carbocycles. The van der Waals surface area contributed by atoms with E-state index in [1.165, 1.54) is 7.11 Å². The summed E-state index contributed by atoms with van der Waals surface area (Å²) in [5.41, 5.74) is 0.0727. The average Bonchev–Trinajstić information content (AvgIpc) is 2.90. The van der Waals surface area contributed by atoms with Gasteiger partial charge in [0.05, 0.1) is 25.2 Å². The number of pyridine rings is 1. The maximum Gasteiger partial charge on any atom is 0.303 e. The van der Waals surface area contributed by atoms with E-state index in [-0.39, 0.29) is 24.8 Å². The minimum absolute atomic E-state index is 0.0395. The smallest absolute Gasteiger partial charge is 0.303 e. The summed E-state index contributed by atoms with van der Waals surface area (Å²) >= 11 is 0. The Labute approximate surface area is 223 Å². The molecular weight excluding hydrogens is 519 g/mol. The molecule has 10 heteroatoms. The number of aryl methyl sites for hydroxylation is 1. The Bertz CT molecular complexity index is 1300. The Hall–Kier alpha value is -3.27. The highest BCUT2D eigenvalue weighted by Gasteiger charge is 2.37. The molecule has 2 aromatic carbocycles. The third-order valence-corrected chi connectivity index (χ3v) is 7.74. The van der Waals surface area contributed by atoms with Crippen LogP contribution >= 0.6 is 0 Å². The van der Waals surface area contributed by atoms with E-state index in [4.69, 9.17) is 4.74 Å². The van der Waals surface area contributed by atoms with Crippen LogP contribution in [-0.4, -0.2) is 47.7 Å². The zero-order valence-electron chi connectivity index (χ0n) is 21.7. The van der Waals surface area contributed by atoms with Crippen LogP contribution in [0.15, 0.2) is 36.5 Å². The van der Waals surface area contributed by atoms with Crippen molar-refractivity contribution in [3.8, 4) is 5.75 Å². The van der Waals surface area contributed by atoms with E-state index in [1.807, 2.05) is 0 Å². The highest BCUT2D eigenvalue weighted by atomic mass is 19.2. The van der Waals surface area contributed by atoms with Crippen molar-refractivity contribution >= 4 is 16.9 Å². The number of rotatable bonds is 11. The standard InChI is InChI=1S/C29H31F5N2O3/c1-39-19-4-5-25-20(15-19)27(24(33)17-35-25)21(30)6-7-29(16-26(37)38)8-11-36(12-9-29)10-2-3-18-13-22(31)28(34)23(32)14-18/h4-5,13-15,17,21H,2-3,6-12,16H2,1H3,(H,37,38). The summed E-state index contributed by atoms with van der Waals surface area (Å²) in [5.74, 6) is -5.19. The number of nitrogens with zero attached hydrogens (tertiary/aromatic N) is 2. The Morgan fingerprint density at radius 1 is 1.10 bits per heavy atom. The van der Waals surface area contributed by atoms with Crippen LogP contribution in [-0.2, 0) is 11.2 Å². The molecular formula is C29H31F5N2O3. The molecule has 210 valence electrons. The fourth-order valence-electron chi connectivity index (χ4n) is 5.54. The lowest BCUT2D eigenvalue weighted by Crippen LogP contribution is -2.41. The van der Waals surface area contributed by atoms with Crippen LogP contribution in [0.3, 0.4) is 0 Å². The van der Waals surface area contributed by atoms with Gasteiger partial charge in [0.1, 0.15) is 17.7 Å². The molecule has 1 unspecified atom stereocenters. The van der Waals surface area contributed by atoms with Crippen molar-refractivity contribution in [2.24, 2.45) is 5.41 Å². The van der Waals surface area contributed by atoms with E-state index in [1.54, 1.807) is 18.2 Å². The van der Waals surface area contributed by atoms with Gasteiger partial charge in [0.15, 0.2) is 17.5 Å². The number of hydrogen-bond donors (Lipinski definition) is 1. The van der Waals surface area contributed by atoms with Gasteiger partial charge in [-0.2, -0.15) is 0 Å². The number of carboxylic acid groups (broad SMARTS) is 1. The third kappa shape index (κ3) is 6.84. The van der Waals surface area contributed by atoms with Crippen molar-refractivity contribution in [2.45, 2.75) is 51.1 Å². The fourth-order valence-corrected chi connectivity index (χ4v) is 5.54. The summed E-state index contributed by atoms with van der Waals surface area (Å²) in [6.07, 6.45) is 1.47. The van der Waals surface area contributed by atoms with Crippen LogP contribution in [0.1, 0.15) is 55.8 Å². The van der Waals surface area contributed by atoms with Gasteiger partial charge in [0.2, 0.25) is 0 Å². The first kappa shape index (κ1) is 28.7. The van der Waals surface area contributed by atoms with Crippen LogP contribution < -0.4 is 4.74 Å². The number of piperidine rings is 1. The first-order chi connectivity index (χ1) is 18.6. The number of halogens is 5. The van der Waals surface area contributed by atoms with Crippen molar-refractivity contribution in [3.05, 3.63) is 70.9 Å². The molecule has 1 atom stereocenters. The van der Waals surface area contributed by atoms with E-state index >= 15 is 4.39 Å². The van der Waals surface area contributed by atoms with Crippen molar-refractivity contribution in [1.82, 2.24) is 9.88 Å². The number of fused-ring (bicyclic) bond motifs is 1. The van der Waals surface area contributed by atoms with Gasteiger partial charge < -0.3 is 14.7 Å². The Morgan fingerprint density at radius 2 is 1.79 bits per heavy atom. The first-order valence-electron chi connectivity index (χ1n) is 12.9. The third-order valence-electron chi connectivity index (χ3n) is 7.74. The molecule has 1 saturated heterocycles. The van der Waals surface area contributed by atoms with Gasteiger partial charge in [-0.3, -0.25) is 9.78 Å². The second-order valence-corrected chi connectivity index (χ2v) is 10.3. The second kappa shape index (κ2) is 12.3. The number of ether oxygens (including phenoxy) is 1. The lowest BCUT2D eigenvalue weighted by atomic mass is 9.71. The SMILES string of the molecule is COc1ccc2ncc(F)c(C(F)CCC3(CC(=O)O)CCN(CCCc4cc(F)c(F)c(F)c4)CC3)c2c1. The maximum absolute atomic E-state index is 15.6. The van der Waals surface area contributed by atoms with Crippen LogP contribution in [0.2, 0.25) is 0 Å². The number of benzene rings is 2. The van der Waals surface area contributed by atoms with Crippen molar-refractivity contribution in [2.75, 3.05) is 26.7 Å².